The van der Waals surface area contributed by atoms with E-state index in [9.17, 15) is 9.50 Å². The number of aromatic amines is 1. The Morgan fingerprint density at radius 1 is 1.14 bits per heavy atom. The van der Waals surface area contributed by atoms with E-state index in [1.165, 1.54) is 12.1 Å². The van der Waals surface area contributed by atoms with Crippen molar-refractivity contribution in [3.63, 3.8) is 0 Å². The van der Waals surface area contributed by atoms with Crippen LogP contribution in [0.1, 0.15) is 18.5 Å². The topological polar surface area (TPSA) is 121 Å². The minimum absolute atomic E-state index is 0.000707. The smallest absolute Gasteiger partial charge is 0.223 e. The summed E-state index contributed by atoms with van der Waals surface area (Å²) in [5.41, 5.74) is 2.63. The van der Waals surface area contributed by atoms with Crippen LogP contribution in [0, 0.1) is 11.7 Å². The highest BCUT2D eigenvalue weighted by atomic mass is 19.1. The summed E-state index contributed by atoms with van der Waals surface area (Å²) in [5.74, 6) is 0.602. The monoisotopic (exact) mass is 481 g/mol. The zero-order chi connectivity index (χ0) is 24.0. The zero-order valence-electron chi connectivity index (χ0n) is 19.2. The number of aliphatic hydroxyl groups is 1. The lowest BCUT2D eigenvalue weighted by atomic mass is 10.1. The molecule has 0 spiro atoms. The van der Waals surface area contributed by atoms with Crippen LogP contribution in [0.4, 0.5) is 10.3 Å². The van der Waals surface area contributed by atoms with E-state index in [1.807, 2.05) is 6.34 Å². The highest BCUT2D eigenvalue weighted by Gasteiger charge is 2.27. The van der Waals surface area contributed by atoms with Gasteiger partial charge in [0.15, 0.2) is 5.82 Å². The lowest BCUT2D eigenvalue weighted by Crippen LogP contribution is -2.29. The summed E-state index contributed by atoms with van der Waals surface area (Å²) in [6.07, 6.45) is 3.82. The Balaban J connectivity index is 1.36. The van der Waals surface area contributed by atoms with Crippen molar-refractivity contribution in [3.05, 3.63) is 48.2 Å². The van der Waals surface area contributed by atoms with Gasteiger partial charge in [0.2, 0.25) is 12.2 Å². The Kier molecular flexibility index (Phi) is 7.26. The molecule has 0 radical (unpaired) electrons. The van der Waals surface area contributed by atoms with Gasteiger partial charge in [-0.25, -0.2) is 19.3 Å². The molecular formula is C24H28FN7O3. The van der Waals surface area contributed by atoms with Crippen LogP contribution in [0.2, 0.25) is 0 Å². The molecule has 184 valence electrons. The average Bonchev–Trinajstić information content (AvgIpc) is 3.58. The number of benzene rings is 1. The number of anilines is 1. The first-order valence-corrected chi connectivity index (χ1v) is 11.7. The molecule has 0 unspecified atom stereocenters. The third-order valence-electron chi connectivity index (χ3n) is 5.87. The molecule has 2 aromatic heterocycles. The molecular weight excluding hydrogens is 453 g/mol. The third-order valence-corrected chi connectivity index (χ3v) is 5.87. The predicted octanol–water partition coefficient (Wildman–Crippen LogP) is 2.47. The quantitative estimate of drug-likeness (QED) is 0.399. The van der Waals surface area contributed by atoms with E-state index in [2.05, 4.69) is 30.2 Å². The van der Waals surface area contributed by atoms with Gasteiger partial charge in [0, 0.05) is 37.3 Å². The van der Waals surface area contributed by atoms with Gasteiger partial charge in [-0.15, -0.1) is 0 Å². The number of halogens is 1. The lowest BCUT2D eigenvalue weighted by molar-refractivity contribution is -0.213. The van der Waals surface area contributed by atoms with Crippen molar-refractivity contribution in [1.82, 2.24) is 24.8 Å². The summed E-state index contributed by atoms with van der Waals surface area (Å²) in [4.78, 5) is 23.4. The maximum atomic E-state index is 13.6. The number of hydrogen-bond donors (Lipinski definition) is 3. The summed E-state index contributed by atoms with van der Waals surface area (Å²) in [5, 5.41) is 12.6. The molecule has 0 bridgehead atoms. The van der Waals surface area contributed by atoms with Gasteiger partial charge in [0.25, 0.3) is 0 Å². The molecule has 0 amide bonds. The standard InChI is InChI=1S/C24H28FN7O3/c25-18-4-2-17(3-5-18)20-21(31-22(30-20)23-34-13-16(12-33)14-35-23)19-6-8-28-24(29-19)27-7-1-10-32-11-9-26-15-32/h2-6,8,15-16,23,33H,1,7,9-14H2,(H,30,31)(H,27,28,29). The molecule has 35 heavy (non-hydrogen) atoms. The summed E-state index contributed by atoms with van der Waals surface area (Å²) in [6.45, 7) is 4.21. The van der Waals surface area contributed by atoms with Crippen molar-refractivity contribution in [2.75, 3.05) is 51.3 Å². The molecule has 2 aliphatic heterocycles. The van der Waals surface area contributed by atoms with Gasteiger partial charge in [-0.05, 0) is 36.8 Å². The molecule has 0 saturated carbocycles. The van der Waals surface area contributed by atoms with E-state index in [0.29, 0.717) is 42.1 Å². The van der Waals surface area contributed by atoms with Crippen LogP contribution < -0.4 is 5.32 Å². The number of imidazole rings is 1. The SMILES string of the molecule is OCC1COC(c2nc(-c3ccc(F)cc3)c(-c3ccnc(NCCCN4C=NCC4)n3)[nH]2)OC1. The van der Waals surface area contributed by atoms with Crippen LogP contribution in [0.3, 0.4) is 0 Å². The fourth-order valence-electron chi connectivity index (χ4n) is 3.96. The Labute approximate surface area is 202 Å². The van der Waals surface area contributed by atoms with Gasteiger partial charge < -0.3 is 29.8 Å². The number of H-pyrrole nitrogens is 1. The fourth-order valence-corrected chi connectivity index (χ4v) is 3.96. The van der Waals surface area contributed by atoms with Gasteiger partial charge in [0.05, 0.1) is 49.8 Å². The molecule has 0 aliphatic carbocycles. The minimum Gasteiger partial charge on any atom is -0.396 e. The van der Waals surface area contributed by atoms with E-state index in [4.69, 9.17) is 14.5 Å². The first-order chi connectivity index (χ1) is 17.2. The predicted molar refractivity (Wildman–Crippen MR) is 128 cm³/mol. The molecule has 1 saturated heterocycles. The molecule has 4 heterocycles. The number of ether oxygens (including phenoxy) is 2. The van der Waals surface area contributed by atoms with Crippen molar-refractivity contribution < 1.29 is 19.0 Å². The number of hydrogen-bond acceptors (Lipinski definition) is 9. The first kappa shape index (κ1) is 23.3. The van der Waals surface area contributed by atoms with Gasteiger partial charge in [-0.3, -0.25) is 4.99 Å². The Morgan fingerprint density at radius 2 is 1.97 bits per heavy atom. The van der Waals surface area contributed by atoms with Crippen molar-refractivity contribution >= 4 is 12.3 Å². The number of nitrogens with zero attached hydrogens (tertiary/aromatic N) is 5. The van der Waals surface area contributed by atoms with Crippen LogP contribution in [-0.4, -0.2) is 82.3 Å². The maximum absolute atomic E-state index is 13.6. The molecule has 10 nitrogen and oxygen atoms in total. The van der Waals surface area contributed by atoms with E-state index in [1.54, 1.807) is 24.4 Å². The van der Waals surface area contributed by atoms with Crippen molar-refractivity contribution in [1.29, 1.82) is 0 Å². The van der Waals surface area contributed by atoms with E-state index >= 15 is 0 Å². The molecule has 3 N–H and O–H groups in total. The number of aliphatic hydroxyl groups excluding tert-OH is 1. The highest BCUT2D eigenvalue weighted by Crippen LogP contribution is 2.33. The maximum Gasteiger partial charge on any atom is 0.223 e. The second-order valence-corrected chi connectivity index (χ2v) is 8.50. The average molecular weight is 482 g/mol. The van der Waals surface area contributed by atoms with Gasteiger partial charge in [-0.2, -0.15) is 0 Å². The van der Waals surface area contributed by atoms with Gasteiger partial charge >= 0.3 is 0 Å². The molecule has 1 aromatic carbocycles. The summed E-state index contributed by atoms with van der Waals surface area (Å²) >= 11 is 0. The van der Waals surface area contributed by atoms with Crippen LogP contribution in [-0.2, 0) is 9.47 Å². The second kappa shape index (κ2) is 10.9. The lowest BCUT2D eigenvalue weighted by Gasteiger charge is -2.26. The van der Waals surface area contributed by atoms with Crippen molar-refractivity contribution in [2.45, 2.75) is 12.7 Å². The van der Waals surface area contributed by atoms with E-state index in [0.717, 1.165) is 38.2 Å². The second-order valence-electron chi connectivity index (χ2n) is 8.50. The Morgan fingerprint density at radius 3 is 2.71 bits per heavy atom. The summed E-state index contributed by atoms with van der Waals surface area (Å²) < 4.78 is 25.1. The number of nitrogens with one attached hydrogen (secondary N) is 2. The van der Waals surface area contributed by atoms with Crippen molar-refractivity contribution in [2.24, 2.45) is 10.9 Å². The molecule has 2 aliphatic rings. The largest absolute Gasteiger partial charge is 0.396 e. The molecule has 0 atom stereocenters. The highest BCUT2D eigenvalue weighted by molar-refractivity contribution is 5.77. The van der Waals surface area contributed by atoms with Crippen LogP contribution in [0.25, 0.3) is 22.6 Å². The number of aliphatic imine (C=N–C) groups is 1. The first-order valence-electron chi connectivity index (χ1n) is 11.7. The fraction of sp³-hybridized carbons (Fsp3) is 0.417. The summed E-state index contributed by atoms with van der Waals surface area (Å²) in [6, 6.07) is 7.92. The summed E-state index contributed by atoms with van der Waals surface area (Å²) in [7, 11) is 0. The molecule has 5 rings (SSSR count). The number of rotatable bonds is 9. The van der Waals surface area contributed by atoms with E-state index in [-0.39, 0.29) is 18.3 Å². The molecule has 3 aromatic rings. The van der Waals surface area contributed by atoms with Crippen LogP contribution in [0.15, 0.2) is 41.5 Å². The minimum atomic E-state index is -0.695. The van der Waals surface area contributed by atoms with Crippen LogP contribution in [0.5, 0.6) is 0 Å². The Hall–Kier alpha value is -3.41. The Bertz CT molecular complexity index is 1150. The zero-order valence-corrected chi connectivity index (χ0v) is 19.2. The van der Waals surface area contributed by atoms with Gasteiger partial charge in [-0.1, -0.05) is 0 Å². The molecule has 1 fully saturated rings. The van der Waals surface area contributed by atoms with Crippen LogP contribution >= 0.6 is 0 Å². The normalized spacial score (nSPS) is 19.9. The number of aromatic nitrogens is 4. The van der Waals surface area contributed by atoms with Crippen molar-refractivity contribution in [3.8, 4) is 22.6 Å². The third kappa shape index (κ3) is 5.64. The van der Waals surface area contributed by atoms with Gasteiger partial charge in [0.1, 0.15) is 5.82 Å². The molecule has 11 heteroatoms. The van der Waals surface area contributed by atoms with E-state index < -0.39 is 6.29 Å².